The van der Waals surface area contributed by atoms with Crippen LogP contribution in [-0.4, -0.2) is 37.7 Å². The number of aliphatic hydroxyl groups excluding tert-OH is 1. The van der Waals surface area contributed by atoms with Gasteiger partial charge in [-0.15, -0.1) is 0 Å². The van der Waals surface area contributed by atoms with Crippen LogP contribution in [0.4, 0.5) is 35.2 Å². The first-order chi connectivity index (χ1) is 15.8. The van der Waals surface area contributed by atoms with E-state index in [9.17, 15) is 18.0 Å². The van der Waals surface area contributed by atoms with Gasteiger partial charge in [-0.2, -0.15) is 13.2 Å². The second-order valence-corrected chi connectivity index (χ2v) is 6.91. The summed E-state index contributed by atoms with van der Waals surface area (Å²) in [4.78, 5) is 25.0. The van der Waals surface area contributed by atoms with Crippen LogP contribution in [-0.2, 0) is 12.8 Å². The van der Waals surface area contributed by atoms with E-state index >= 15 is 0 Å². The number of carbonyl (C=O) groups excluding carboxylic acids is 1. The molecule has 2 amide bonds. The summed E-state index contributed by atoms with van der Waals surface area (Å²) in [7, 11) is 1.73. The minimum absolute atomic E-state index is 0.0569. The molecule has 0 saturated heterocycles. The minimum atomic E-state index is -4.65. The van der Waals surface area contributed by atoms with Crippen LogP contribution in [0, 0.1) is 0 Å². The van der Waals surface area contributed by atoms with Crippen LogP contribution in [0.25, 0.3) is 16.9 Å². The molecule has 0 spiro atoms. The van der Waals surface area contributed by atoms with E-state index in [0.29, 0.717) is 22.7 Å². The van der Waals surface area contributed by atoms with Crippen LogP contribution in [0.2, 0.25) is 0 Å². The van der Waals surface area contributed by atoms with Crippen molar-refractivity contribution in [3.05, 3.63) is 66.2 Å². The van der Waals surface area contributed by atoms with E-state index in [0.717, 1.165) is 17.8 Å². The fourth-order valence-corrected chi connectivity index (χ4v) is 3.26. The zero-order valence-corrected chi connectivity index (χ0v) is 17.2. The highest BCUT2D eigenvalue weighted by atomic mass is 19.4. The zero-order chi connectivity index (χ0) is 23.6. The van der Waals surface area contributed by atoms with Gasteiger partial charge in [0.15, 0.2) is 17.0 Å². The third kappa shape index (κ3) is 4.55. The number of alkyl halides is 3. The molecule has 170 valence electrons. The molecule has 4 N–H and O–H groups in total. The SMILES string of the molecule is CNc1ncnc2c1ncn2-c1ccc(NC(=O)Nc2ccc(CO)c(C(F)(F)F)c2)cc1. The summed E-state index contributed by atoms with van der Waals surface area (Å²) in [6.07, 6.45) is -1.63. The summed E-state index contributed by atoms with van der Waals surface area (Å²) in [6, 6.07) is 9.20. The Labute approximate surface area is 185 Å². The molecule has 2 aromatic carbocycles. The van der Waals surface area contributed by atoms with Gasteiger partial charge in [0.2, 0.25) is 0 Å². The Morgan fingerprint density at radius 2 is 1.73 bits per heavy atom. The summed E-state index contributed by atoms with van der Waals surface area (Å²) in [5.41, 5.74) is 1.02. The first-order valence-corrected chi connectivity index (χ1v) is 9.65. The summed E-state index contributed by atoms with van der Waals surface area (Å²) in [5, 5.41) is 17.0. The fraction of sp³-hybridized carbons (Fsp3) is 0.143. The van der Waals surface area contributed by atoms with Gasteiger partial charge < -0.3 is 21.1 Å². The van der Waals surface area contributed by atoms with Crippen LogP contribution in [0.15, 0.2) is 55.1 Å². The van der Waals surface area contributed by atoms with E-state index in [1.807, 2.05) is 0 Å². The number of aromatic nitrogens is 4. The number of hydrogen-bond donors (Lipinski definition) is 4. The van der Waals surface area contributed by atoms with Crippen molar-refractivity contribution < 1.29 is 23.1 Å². The van der Waals surface area contributed by atoms with Gasteiger partial charge in [0, 0.05) is 24.1 Å². The van der Waals surface area contributed by atoms with Crippen molar-refractivity contribution in [1.82, 2.24) is 19.5 Å². The molecule has 9 nitrogen and oxygen atoms in total. The normalized spacial score (nSPS) is 11.4. The van der Waals surface area contributed by atoms with Crippen molar-refractivity contribution in [3.8, 4) is 5.69 Å². The maximum Gasteiger partial charge on any atom is 0.416 e. The molecule has 0 atom stereocenters. The van der Waals surface area contributed by atoms with Crippen LogP contribution in [0.1, 0.15) is 11.1 Å². The zero-order valence-electron chi connectivity index (χ0n) is 17.2. The van der Waals surface area contributed by atoms with E-state index in [2.05, 4.69) is 30.9 Å². The second kappa shape index (κ2) is 8.74. The lowest BCUT2D eigenvalue weighted by Gasteiger charge is -2.14. The number of amides is 2. The van der Waals surface area contributed by atoms with E-state index < -0.39 is 24.4 Å². The highest BCUT2D eigenvalue weighted by Crippen LogP contribution is 2.34. The van der Waals surface area contributed by atoms with E-state index in [1.54, 1.807) is 42.2 Å². The van der Waals surface area contributed by atoms with Gasteiger partial charge in [-0.1, -0.05) is 6.07 Å². The molecule has 0 aliphatic rings. The summed E-state index contributed by atoms with van der Waals surface area (Å²) in [5.74, 6) is 0.592. The first kappa shape index (κ1) is 22.0. The largest absolute Gasteiger partial charge is 0.416 e. The van der Waals surface area contributed by atoms with E-state index in [4.69, 9.17) is 5.11 Å². The molecule has 0 aliphatic carbocycles. The Morgan fingerprint density at radius 3 is 2.39 bits per heavy atom. The molecule has 0 unspecified atom stereocenters. The predicted molar refractivity (Wildman–Crippen MR) is 116 cm³/mol. The second-order valence-electron chi connectivity index (χ2n) is 6.91. The molecule has 2 aromatic heterocycles. The Kier molecular flexibility index (Phi) is 5.84. The Bertz CT molecular complexity index is 1300. The number of nitrogens with zero attached hydrogens (tertiary/aromatic N) is 4. The van der Waals surface area contributed by atoms with Gasteiger partial charge in [0.1, 0.15) is 12.7 Å². The van der Waals surface area contributed by atoms with Gasteiger partial charge in [-0.3, -0.25) is 4.57 Å². The number of halogens is 3. The number of imidazole rings is 1. The summed E-state index contributed by atoms with van der Waals surface area (Å²) < 4.78 is 41.2. The summed E-state index contributed by atoms with van der Waals surface area (Å²) in [6.45, 7) is -0.762. The number of rotatable bonds is 5. The quantitative estimate of drug-likeness (QED) is 0.360. The first-order valence-electron chi connectivity index (χ1n) is 9.65. The molecule has 4 aromatic rings. The average Bonchev–Trinajstić information content (AvgIpc) is 3.23. The summed E-state index contributed by atoms with van der Waals surface area (Å²) >= 11 is 0. The highest BCUT2D eigenvalue weighted by molar-refractivity contribution is 5.99. The fourth-order valence-electron chi connectivity index (χ4n) is 3.26. The van der Waals surface area contributed by atoms with Crippen molar-refractivity contribution in [2.45, 2.75) is 12.8 Å². The van der Waals surface area contributed by atoms with Crippen molar-refractivity contribution in [3.63, 3.8) is 0 Å². The lowest BCUT2D eigenvalue weighted by atomic mass is 10.1. The molecule has 2 heterocycles. The highest BCUT2D eigenvalue weighted by Gasteiger charge is 2.33. The number of urea groups is 1. The molecule has 0 saturated carbocycles. The van der Waals surface area contributed by atoms with Gasteiger partial charge in [-0.05, 0) is 42.0 Å². The number of carbonyl (C=O) groups is 1. The Hall–Kier alpha value is -4.19. The molecule has 33 heavy (non-hydrogen) atoms. The van der Waals surface area contributed by atoms with Gasteiger partial charge >= 0.3 is 12.2 Å². The maximum atomic E-state index is 13.1. The number of fused-ring (bicyclic) bond motifs is 1. The molecule has 0 aliphatic heterocycles. The molecule has 0 fully saturated rings. The van der Waals surface area contributed by atoms with Crippen molar-refractivity contribution in [2.75, 3.05) is 23.0 Å². The van der Waals surface area contributed by atoms with Crippen LogP contribution < -0.4 is 16.0 Å². The molecule has 0 radical (unpaired) electrons. The molecular formula is C21H18F3N7O2. The lowest BCUT2D eigenvalue weighted by molar-refractivity contribution is -0.138. The number of anilines is 3. The standard InChI is InChI=1S/C21H18F3N7O2/c1-25-18-17-19(27-10-26-18)31(11-28-17)15-6-4-13(5-7-15)29-20(33)30-14-3-2-12(9-32)16(8-14)21(22,23)24/h2-8,10-11,32H,9H2,1H3,(H,25,26,27)(H2,29,30,33). The third-order valence-electron chi connectivity index (χ3n) is 4.82. The monoisotopic (exact) mass is 457 g/mol. The van der Waals surface area contributed by atoms with Crippen LogP contribution in [0.5, 0.6) is 0 Å². The van der Waals surface area contributed by atoms with Crippen LogP contribution in [0.3, 0.4) is 0 Å². The third-order valence-corrected chi connectivity index (χ3v) is 4.82. The number of benzene rings is 2. The predicted octanol–water partition coefficient (Wildman–Crippen LogP) is 4.01. The van der Waals surface area contributed by atoms with Crippen molar-refractivity contribution >= 4 is 34.4 Å². The molecule has 0 bridgehead atoms. The van der Waals surface area contributed by atoms with Gasteiger partial charge in [-0.25, -0.2) is 19.7 Å². The maximum absolute atomic E-state index is 13.1. The Morgan fingerprint density at radius 1 is 1.03 bits per heavy atom. The van der Waals surface area contributed by atoms with E-state index in [1.165, 1.54) is 12.4 Å². The van der Waals surface area contributed by atoms with Crippen LogP contribution >= 0.6 is 0 Å². The number of aliphatic hydroxyl groups is 1. The Balaban J connectivity index is 1.48. The van der Waals surface area contributed by atoms with E-state index in [-0.39, 0.29) is 11.3 Å². The average molecular weight is 457 g/mol. The number of hydrogen-bond acceptors (Lipinski definition) is 6. The van der Waals surface area contributed by atoms with Gasteiger partial charge in [0.25, 0.3) is 0 Å². The van der Waals surface area contributed by atoms with Crippen molar-refractivity contribution in [2.24, 2.45) is 0 Å². The molecular weight excluding hydrogens is 439 g/mol. The lowest BCUT2D eigenvalue weighted by Crippen LogP contribution is -2.20. The van der Waals surface area contributed by atoms with Gasteiger partial charge in [0.05, 0.1) is 12.2 Å². The molecule has 4 rings (SSSR count). The van der Waals surface area contributed by atoms with Crippen molar-refractivity contribution in [1.29, 1.82) is 0 Å². The topological polar surface area (TPSA) is 117 Å². The minimum Gasteiger partial charge on any atom is -0.392 e. The smallest absolute Gasteiger partial charge is 0.392 e. The molecule has 12 heteroatoms. The number of nitrogens with one attached hydrogen (secondary N) is 3.